The molecule has 0 aliphatic carbocycles. The van der Waals surface area contributed by atoms with Crippen molar-refractivity contribution in [3.05, 3.63) is 23.8 Å². The molecular formula is C14H19N3O4. The molecule has 0 bridgehead atoms. The summed E-state index contributed by atoms with van der Waals surface area (Å²) in [7, 11) is 0. The Morgan fingerprint density at radius 1 is 1.43 bits per heavy atom. The number of oxime groups is 1. The lowest BCUT2D eigenvalue weighted by molar-refractivity contribution is 0.0923. The Hall–Kier alpha value is -2.44. The zero-order valence-electron chi connectivity index (χ0n) is 12.0. The number of fused-ring (bicyclic) bond motifs is 1. The quantitative estimate of drug-likeness (QED) is 0.333. The zero-order valence-corrected chi connectivity index (χ0v) is 12.0. The number of rotatable bonds is 4. The minimum absolute atomic E-state index is 0.0455. The first-order valence-corrected chi connectivity index (χ1v) is 6.70. The maximum atomic E-state index is 12.3. The van der Waals surface area contributed by atoms with Gasteiger partial charge in [-0.1, -0.05) is 12.1 Å². The first-order valence-electron chi connectivity index (χ1n) is 6.70. The predicted octanol–water partition coefficient (Wildman–Crippen LogP) is 1.10. The van der Waals surface area contributed by atoms with Crippen molar-refractivity contribution in [1.29, 1.82) is 0 Å². The monoisotopic (exact) mass is 293 g/mol. The lowest BCUT2D eigenvalue weighted by atomic mass is 9.96. The lowest BCUT2D eigenvalue weighted by Crippen LogP contribution is -2.55. The largest absolute Gasteiger partial charge is 0.486 e. The van der Waals surface area contributed by atoms with Crippen LogP contribution in [0.1, 0.15) is 30.6 Å². The Kier molecular flexibility index (Phi) is 4.21. The van der Waals surface area contributed by atoms with E-state index in [4.69, 9.17) is 20.4 Å². The number of ether oxygens (including phenoxy) is 2. The molecule has 4 N–H and O–H groups in total. The van der Waals surface area contributed by atoms with Gasteiger partial charge in [0.15, 0.2) is 17.3 Å². The second-order valence-electron chi connectivity index (χ2n) is 4.98. The predicted molar refractivity (Wildman–Crippen MR) is 77.0 cm³/mol. The smallest absolute Gasteiger partial charge is 0.252 e. The van der Waals surface area contributed by atoms with Crippen molar-refractivity contribution in [1.82, 2.24) is 5.32 Å². The van der Waals surface area contributed by atoms with E-state index in [0.717, 1.165) is 0 Å². The number of hydrogen-bond acceptors (Lipinski definition) is 5. The summed E-state index contributed by atoms with van der Waals surface area (Å²) in [4.78, 5) is 12.3. The molecule has 2 rings (SSSR count). The van der Waals surface area contributed by atoms with Gasteiger partial charge in [0.05, 0.1) is 5.54 Å². The molecule has 1 heterocycles. The molecule has 1 aliphatic heterocycles. The second kappa shape index (κ2) is 5.90. The van der Waals surface area contributed by atoms with Crippen LogP contribution in [0.2, 0.25) is 0 Å². The van der Waals surface area contributed by atoms with Crippen molar-refractivity contribution < 1.29 is 19.5 Å². The van der Waals surface area contributed by atoms with Crippen LogP contribution in [0, 0.1) is 0 Å². The van der Waals surface area contributed by atoms with Crippen LogP contribution in [-0.2, 0) is 0 Å². The molecule has 7 nitrogen and oxygen atoms in total. The summed E-state index contributed by atoms with van der Waals surface area (Å²) >= 11 is 0. The average Bonchev–Trinajstić information content (AvgIpc) is 2.53. The Bertz CT molecular complexity index is 573. The second-order valence-corrected chi connectivity index (χ2v) is 4.98. The number of nitrogens with two attached hydrogens (primary N) is 1. The first kappa shape index (κ1) is 15.0. The molecule has 7 heteroatoms. The van der Waals surface area contributed by atoms with Gasteiger partial charge in [-0.15, -0.1) is 0 Å². The van der Waals surface area contributed by atoms with Crippen LogP contribution in [0.15, 0.2) is 23.4 Å². The van der Waals surface area contributed by atoms with E-state index in [0.29, 0.717) is 36.7 Å². The summed E-state index contributed by atoms with van der Waals surface area (Å²) in [5.41, 5.74) is 5.14. The zero-order chi connectivity index (χ0) is 15.5. The molecule has 1 amide bonds. The van der Waals surface area contributed by atoms with Gasteiger partial charge in [0.25, 0.3) is 5.91 Å². The van der Waals surface area contributed by atoms with Crippen LogP contribution >= 0.6 is 0 Å². The Labute approximate surface area is 122 Å². The number of amides is 1. The molecular weight excluding hydrogens is 274 g/mol. The van der Waals surface area contributed by atoms with Crippen LogP contribution in [0.25, 0.3) is 0 Å². The number of hydrogen-bond donors (Lipinski definition) is 3. The van der Waals surface area contributed by atoms with E-state index in [2.05, 4.69) is 10.5 Å². The number of carbonyl (C=O) groups excluding carboxylic acids is 1. The standard InChI is InChI=1S/C14H19N3O4/c1-3-14(2,13(15)17-19)16-12(18)9-4-5-10-11(8-9)21-7-6-20-10/h4-5,8,19H,3,6-7H2,1-2H3,(H2,15,17)(H,16,18). The molecule has 0 saturated heterocycles. The highest BCUT2D eigenvalue weighted by Crippen LogP contribution is 2.30. The number of benzene rings is 1. The van der Waals surface area contributed by atoms with E-state index in [1.54, 1.807) is 25.1 Å². The fraction of sp³-hybridized carbons (Fsp3) is 0.429. The highest BCUT2D eigenvalue weighted by atomic mass is 16.6. The highest BCUT2D eigenvalue weighted by Gasteiger charge is 2.30. The van der Waals surface area contributed by atoms with Crippen molar-refractivity contribution >= 4 is 11.7 Å². The number of amidine groups is 1. The molecule has 0 aromatic heterocycles. The van der Waals surface area contributed by atoms with Crippen molar-refractivity contribution in [2.24, 2.45) is 10.9 Å². The van der Waals surface area contributed by atoms with Crippen LogP contribution in [0.5, 0.6) is 11.5 Å². The Balaban J connectivity index is 2.20. The van der Waals surface area contributed by atoms with Crippen molar-refractivity contribution in [3.8, 4) is 11.5 Å². The van der Waals surface area contributed by atoms with Crippen molar-refractivity contribution in [2.45, 2.75) is 25.8 Å². The van der Waals surface area contributed by atoms with Gasteiger partial charge in [0, 0.05) is 5.56 Å². The number of carbonyl (C=O) groups is 1. The van der Waals surface area contributed by atoms with Gasteiger partial charge in [-0.2, -0.15) is 0 Å². The molecule has 1 aromatic carbocycles. The molecule has 0 spiro atoms. The third-order valence-corrected chi connectivity index (χ3v) is 3.57. The summed E-state index contributed by atoms with van der Waals surface area (Å²) in [6.07, 6.45) is 0.485. The fourth-order valence-electron chi connectivity index (χ4n) is 1.95. The van der Waals surface area contributed by atoms with E-state index in [9.17, 15) is 4.79 Å². The molecule has 1 unspecified atom stereocenters. The molecule has 1 atom stereocenters. The maximum absolute atomic E-state index is 12.3. The van der Waals surface area contributed by atoms with Gasteiger partial charge in [0.2, 0.25) is 0 Å². The Morgan fingerprint density at radius 2 is 2.10 bits per heavy atom. The molecule has 1 aromatic rings. The lowest BCUT2D eigenvalue weighted by Gasteiger charge is -2.28. The SMILES string of the molecule is CCC(C)(NC(=O)c1ccc2c(c1)OCCO2)/C(N)=N/O. The third kappa shape index (κ3) is 3.01. The molecule has 0 radical (unpaired) electrons. The van der Waals surface area contributed by atoms with Crippen LogP contribution in [0.3, 0.4) is 0 Å². The van der Waals surface area contributed by atoms with Crippen LogP contribution in [0.4, 0.5) is 0 Å². The number of nitrogens with one attached hydrogen (secondary N) is 1. The van der Waals surface area contributed by atoms with Gasteiger partial charge < -0.3 is 25.7 Å². The summed E-state index contributed by atoms with van der Waals surface area (Å²) in [6.45, 7) is 4.48. The van der Waals surface area contributed by atoms with Gasteiger partial charge in [0.1, 0.15) is 13.2 Å². The van der Waals surface area contributed by atoms with Crippen LogP contribution < -0.4 is 20.5 Å². The van der Waals surface area contributed by atoms with Gasteiger partial charge in [-0.25, -0.2) is 0 Å². The van der Waals surface area contributed by atoms with E-state index in [-0.39, 0.29) is 11.7 Å². The molecule has 0 saturated carbocycles. The Morgan fingerprint density at radius 3 is 2.71 bits per heavy atom. The van der Waals surface area contributed by atoms with Crippen molar-refractivity contribution in [3.63, 3.8) is 0 Å². The maximum Gasteiger partial charge on any atom is 0.252 e. The number of nitrogens with zero attached hydrogens (tertiary/aromatic N) is 1. The molecule has 114 valence electrons. The van der Waals surface area contributed by atoms with Gasteiger partial charge in [-0.3, -0.25) is 4.79 Å². The van der Waals surface area contributed by atoms with Gasteiger partial charge in [-0.05, 0) is 31.5 Å². The average molecular weight is 293 g/mol. The minimum atomic E-state index is -0.918. The molecule has 1 aliphatic rings. The normalized spacial score (nSPS) is 17.0. The summed E-state index contributed by atoms with van der Waals surface area (Å²) in [5.74, 6) is 0.780. The van der Waals surface area contributed by atoms with E-state index >= 15 is 0 Å². The van der Waals surface area contributed by atoms with E-state index in [1.807, 2.05) is 6.92 Å². The fourth-order valence-corrected chi connectivity index (χ4v) is 1.95. The topological polar surface area (TPSA) is 106 Å². The van der Waals surface area contributed by atoms with E-state index in [1.165, 1.54) is 0 Å². The van der Waals surface area contributed by atoms with Gasteiger partial charge >= 0.3 is 0 Å². The molecule has 21 heavy (non-hydrogen) atoms. The third-order valence-electron chi connectivity index (χ3n) is 3.57. The highest BCUT2D eigenvalue weighted by molar-refractivity contribution is 6.00. The van der Waals surface area contributed by atoms with Crippen LogP contribution in [-0.4, -0.2) is 35.7 Å². The summed E-state index contributed by atoms with van der Waals surface area (Å²) in [6, 6.07) is 4.95. The first-order chi connectivity index (χ1) is 10.00. The molecule has 0 fully saturated rings. The van der Waals surface area contributed by atoms with Crippen molar-refractivity contribution in [2.75, 3.05) is 13.2 Å². The minimum Gasteiger partial charge on any atom is -0.486 e. The van der Waals surface area contributed by atoms with E-state index < -0.39 is 5.54 Å². The summed E-state index contributed by atoms with van der Waals surface area (Å²) in [5, 5.41) is 14.6. The summed E-state index contributed by atoms with van der Waals surface area (Å²) < 4.78 is 10.9.